The molecule has 2 heteroatoms. The number of unbranched alkanes of at least 4 members (excludes halogenated alkanes) is 1. The molecule has 0 aliphatic heterocycles. The Hall–Kier alpha value is -0.370. The fraction of sp³-hybridized carbons (Fsp3) is 0.800. The molecule has 0 aliphatic carbocycles. The lowest BCUT2D eigenvalue weighted by Crippen LogP contribution is -2.11. The van der Waals surface area contributed by atoms with Gasteiger partial charge >= 0.3 is 0 Å². The topological polar surface area (TPSA) is 20.2 Å². The zero-order valence-corrected chi connectivity index (χ0v) is 7.96. The Labute approximate surface area is 74.3 Å². The van der Waals surface area contributed by atoms with Gasteiger partial charge < -0.3 is 5.11 Å². The molecular weight excluding hydrogens is 155 g/mol. The fourth-order valence-corrected chi connectivity index (χ4v) is 0.821. The molecule has 0 heterocycles. The minimum absolute atomic E-state index is 0.240. The first-order valence-electron chi connectivity index (χ1n) is 4.57. The average Bonchev–Trinajstić information content (AvgIpc) is 2.03. The van der Waals surface area contributed by atoms with Crippen LogP contribution in [0.2, 0.25) is 0 Å². The second kappa shape index (κ2) is 7.29. The molecule has 0 saturated carbocycles. The van der Waals surface area contributed by atoms with E-state index in [1.54, 1.807) is 6.92 Å². The molecule has 12 heavy (non-hydrogen) atoms. The number of halogens is 1. The molecule has 2 atom stereocenters. The molecule has 0 aliphatic rings. The van der Waals surface area contributed by atoms with Gasteiger partial charge in [-0.15, -0.1) is 0 Å². The quantitative estimate of drug-likeness (QED) is 0.485. The molecule has 0 amide bonds. The molecule has 0 aromatic rings. The number of allylic oxidation sites excluding steroid dienone is 2. The monoisotopic (exact) mass is 174 g/mol. The lowest BCUT2D eigenvalue weighted by Gasteiger charge is -2.10. The van der Waals surface area contributed by atoms with Gasteiger partial charge in [-0.2, -0.15) is 0 Å². The molecule has 0 spiro atoms. The maximum atomic E-state index is 11.6. The Bertz CT molecular complexity index is 121. The van der Waals surface area contributed by atoms with Crippen LogP contribution in [0.25, 0.3) is 0 Å². The highest BCUT2D eigenvalue weighted by Gasteiger charge is 2.04. The Balaban J connectivity index is 3.33. The molecule has 1 nitrogen and oxygen atoms in total. The van der Waals surface area contributed by atoms with Crippen LogP contribution in [0.5, 0.6) is 0 Å². The molecule has 0 aromatic heterocycles. The zero-order chi connectivity index (χ0) is 9.40. The lowest BCUT2D eigenvalue weighted by molar-refractivity contribution is 0.136. The third-order valence-electron chi connectivity index (χ3n) is 2.00. The summed E-state index contributed by atoms with van der Waals surface area (Å²) in [4.78, 5) is 0. The van der Waals surface area contributed by atoms with Crippen LogP contribution in [0.15, 0.2) is 12.2 Å². The van der Waals surface area contributed by atoms with Crippen LogP contribution >= 0.6 is 0 Å². The first-order valence-corrected chi connectivity index (χ1v) is 4.57. The number of aliphatic hydroxyl groups excluding tert-OH is 1. The van der Waals surface area contributed by atoms with E-state index in [1.165, 1.54) is 0 Å². The van der Waals surface area contributed by atoms with Gasteiger partial charge in [0.25, 0.3) is 0 Å². The summed E-state index contributed by atoms with van der Waals surface area (Å²) in [5.41, 5.74) is 0. The van der Waals surface area contributed by atoms with Crippen molar-refractivity contribution in [3.63, 3.8) is 0 Å². The van der Waals surface area contributed by atoms with Gasteiger partial charge in [-0.3, -0.25) is 4.39 Å². The van der Waals surface area contributed by atoms with Crippen LogP contribution in [-0.2, 0) is 0 Å². The van der Waals surface area contributed by atoms with Crippen molar-refractivity contribution in [3.05, 3.63) is 12.2 Å². The van der Waals surface area contributed by atoms with Crippen molar-refractivity contribution in [3.8, 4) is 0 Å². The molecule has 0 fully saturated rings. The molecule has 0 saturated heterocycles. The van der Waals surface area contributed by atoms with E-state index in [4.69, 9.17) is 5.11 Å². The SMILES string of the molecule is C[C@H](O)[C@H](C)C/C=C/CCCF. The molecule has 0 unspecified atom stereocenters. The molecule has 0 bridgehead atoms. The highest BCUT2D eigenvalue weighted by atomic mass is 19.1. The number of alkyl halides is 1. The fourth-order valence-electron chi connectivity index (χ4n) is 0.821. The highest BCUT2D eigenvalue weighted by molar-refractivity contribution is 4.84. The van der Waals surface area contributed by atoms with Crippen LogP contribution in [0, 0.1) is 5.92 Å². The molecular formula is C10H19FO. The summed E-state index contributed by atoms with van der Waals surface area (Å²) >= 11 is 0. The third-order valence-corrected chi connectivity index (χ3v) is 2.00. The van der Waals surface area contributed by atoms with Gasteiger partial charge in [-0.25, -0.2) is 0 Å². The van der Waals surface area contributed by atoms with Crippen molar-refractivity contribution in [2.24, 2.45) is 5.92 Å². The van der Waals surface area contributed by atoms with Crippen molar-refractivity contribution in [2.75, 3.05) is 6.67 Å². The smallest absolute Gasteiger partial charge is 0.0897 e. The number of hydrogen-bond acceptors (Lipinski definition) is 1. The van der Waals surface area contributed by atoms with E-state index in [1.807, 2.05) is 19.1 Å². The Morgan fingerprint density at radius 1 is 1.33 bits per heavy atom. The van der Waals surface area contributed by atoms with Crippen molar-refractivity contribution in [1.82, 2.24) is 0 Å². The van der Waals surface area contributed by atoms with Crippen LogP contribution in [0.4, 0.5) is 4.39 Å². The van der Waals surface area contributed by atoms with Gasteiger partial charge in [0.05, 0.1) is 12.8 Å². The van der Waals surface area contributed by atoms with E-state index in [0.717, 1.165) is 12.8 Å². The molecule has 72 valence electrons. The normalized spacial score (nSPS) is 16.7. The Morgan fingerprint density at radius 2 is 2.00 bits per heavy atom. The third kappa shape index (κ3) is 6.35. The van der Waals surface area contributed by atoms with E-state index in [-0.39, 0.29) is 12.8 Å². The predicted molar refractivity (Wildman–Crippen MR) is 49.8 cm³/mol. The van der Waals surface area contributed by atoms with Gasteiger partial charge in [0.2, 0.25) is 0 Å². The van der Waals surface area contributed by atoms with Crippen molar-refractivity contribution < 1.29 is 9.50 Å². The van der Waals surface area contributed by atoms with Crippen LogP contribution in [0.3, 0.4) is 0 Å². The zero-order valence-electron chi connectivity index (χ0n) is 7.96. The summed E-state index contributed by atoms with van der Waals surface area (Å²) in [6.45, 7) is 3.56. The van der Waals surface area contributed by atoms with Gasteiger partial charge in [0.1, 0.15) is 0 Å². The second-order valence-corrected chi connectivity index (χ2v) is 3.26. The number of hydrogen-bond donors (Lipinski definition) is 1. The van der Waals surface area contributed by atoms with E-state index >= 15 is 0 Å². The van der Waals surface area contributed by atoms with E-state index in [9.17, 15) is 4.39 Å². The summed E-state index contributed by atoms with van der Waals surface area (Å²) < 4.78 is 11.6. The lowest BCUT2D eigenvalue weighted by atomic mass is 10.0. The molecule has 1 N–H and O–H groups in total. The summed E-state index contributed by atoms with van der Waals surface area (Å²) in [5.74, 6) is 0.298. The van der Waals surface area contributed by atoms with Crippen LogP contribution in [-0.4, -0.2) is 17.9 Å². The van der Waals surface area contributed by atoms with Crippen molar-refractivity contribution >= 4 is 0 Å². The van der Waals surface area contributed by atoms with Crippen LogP contribution in [0.1, 0.15) is 33.1 Å². The molecule has 0 radical (unpaired) electrons. The number of aliphatic hydroxyl groups is 1. The van der Waals surface area contributed by atoms with E-state index < -0.39 is 0 Å². The maximum absolute atomic E-state index is 11.6. The largest absolute Gasteiger partial charge is 0.393 e. The summed E-state index contributed by atoms with van der Waals surface area (Å²) in [6.07, 6.45) is 6.05. The number of rotatable bonds is 6. The summed E-state index contributed by atoms with van der Waals surface area (Å²) in [7, 11) is 0. The first kappa shape index (κ1) is 11.6. The maximum Gasteiger partial charge on any atom is 0.0897 e. The van der Waals surface area contributed by atoms with E-state index in [2.05, 4.69) is 0 Å². The average molecular weight is 174 g/mol. The summed E-state index contributed by atoms with van der Waals surface area (Å²) in [5, 5.41) is 9.13. The van der Waals surface area contributed by atoms with Crippen molar-refractivity contribution in [2.45, 2.75) is 39.2 Å². The van der Waals surface area contributed by atoms with Crippen LogP contribution < -0.4 is 0 Å². The molecule has 0 aromatic carbocycles. The van der Waals surface area contributed by atoms with Gasteiger partial charge in [0, 0.05) is 0 Å². The summed E-state index contributed by atoms with van der Waals surface area (Å²) in [6, 6.07) is 0. The van der Waals surface area contributed by atoms with Crippen molar-refractivity contribution in [1.29, 1.82) is 0 Å². The predicted octanol–water partition coefficient (Wildman–Crippen LogP) is 2.70. The van der Waals surface area contributed by atoms with Gasteiger partial charge in [-0.1, -0.05) is 19.1 Å². The molecule has 0 rings (SSSR count). The Morgan fingerprint density at radius 3 is 2.50 bits per heavy atom. The minimum atomic E-state index is -0.254. The highest BCUT2D eigenvalue weighted by Crippen LogP contribution is 2.08. The first-order chi connectivity index (χ1) is 5.68. The second-order valence-electron chi connectivity index (χ2n) is 3.26. The minimum Gasteiger partial charge on any atom is -0.393 e. The van der Waals surface area contributed by atoms with Gasteiger partial charge in [0.15, 0.2) is 0 Å². The van der Waals surface area contributed by atoms with E-state index in [0.29, 0.717) is 12.3 Å². The Kier molecular flexibility index (Phi) is 7.06. The van der Waals surface area contributed by atoms with Gasteiger partial charge in [-0.05, 0) is 32.1 Å². The standard InChI is InChI=1S/C10H19FO/c1-9(10(2)12)7-5-3-4-6-8-11/h3,5,9-10,12H,4,6-8H2,1-2H3/b5-3+/t9-,10+/m1/s1.